The molecule has 1 aromatic carbocycles. The maximum atomic E-state index is 13.3. The molecule has 0 N–H and O–H groups in total. The highest BCUT2D eigenvalue weighted by Crippen LogP contribution is 2.26. The molecule has 2 aromatic rings. The lowest BCUT2D eigenvalue weighted by Gasteiger charge is -2.04. The summed E-state index contributed by atoms with van der Waals surface area (Å²) >= 11 is 2.02. The Kier molecular flexibility index (Phi) is 2.95. The SMILES string of the molecule is Fc1cnc(F)c(-c2ccc[c]c2I)c1. The van der Waals surface area contributed by atoms with Crippen LogP contribution in [0, 0.1) is 21.4 Å². The maximum Gasteiger partial charge on any atom is 0.220 e. The second-order valence-electron chi connectivity index (χ2n) is 2.89. The summed E-state index contributed by atoms with van der Waals surface area (Å²) < 4.78 is 27.0. The van der Waals surface area contributed by atoms with Gasteiger partial charge in [-0.1, -0.05) is 18.2 Å². The first-order valence-electron chi connectivity index (χ1n) is 4.16. The summed E-state index contributed by atoms with van der Waals surface area (Å²) in [6.45, 7) is 0. The fraction of sp³-hybridized carbons (Fsp3) is 0. The van der Waals surface area contributed by atoms with Crippen molar-refractivity contribution in [3.63, 3.8) is 0 Å². The third kappa shape index (κ3) is 2.14. The van der Waals surface area contributed by atoms with E-state index in [-0.39, 0.29) is 5.56 Å². The van der Waals surface area contributed by atoms with Gasteiger partial charge in [-0.05, 0) is 34.7 Å². The third-order valence-corrected chi connectivity index (χ3v) is 2.79. The minimum absolute atomic E-state index is 0.163. The van der Waals surface area contributed by atoms with Crippen LogP contribution in [0.25, 0.3) is 11.1 Å². The van der Waals surface area contributed by atoms with Crippen LogP contribution in [-0.4, -0.2) is 4.98 Å². The largest absolute Gasteiger partial charge is 0.225 e. The Morgan fingerprint density at radius 1 is 1.27 bits per heavy atom. The first-order chi connectivity index (χ1) is 7.18. The van der Waals surface area contributed by atoms with E-state index in [2.05, 4.69) is 11.1 Å². The molecule has 15 heavy (non-hydrogen) atoms. The van der Waals surface area contributed by atoms with E-state index in [1.165, 1.54) is 0 Å². The molecule has 1 aromatic heterocycles. The molecule has 4 heteroatoms. The molecule has 1 radical (unpaired) electrons. The van der Waals surface area contributed by atoms with Gasteiger partial charge in [0.15, 0.2) is 0 Å². The molecule has 0 saturated heterocycles. The van der Waals surface area contributed by atoms with Gasteiger partial charge in [-0.25, -0.2) is 9.37 Å². The van der Waals surface area contributed by atoms with E-state index in [9.17, 15) is 8.78 Å². The summed E-state index contributed by atoms with van der Waals surface area (Å²) in [6.07, 6.45) is 0.859. The molecule has 0 amide bonds. The zero-order valence-corrected chi connectivity index (χ0v) is 9.63. The minimum atomic E-state index is -0.672. The highest BCUT2D eigenvalue weighted by atomic mass is 127. The molecular formula is C11H5F2IN. The van der Waals surface area contributed by atoms with Crippen LogP contribution in [0.2, 0.25) is 0 Å². The Morgan fingerprint density at radius 3 is 2.80 bits per heavy atom. The van der Waals surface area contributed by atoms with Gasteiger partial charge in [0.2, 0.25) is 5.95 Å². The van der Waals surface area contributed by atoms with Crippen molar-refractivity contribution in [1.29, 1.82) is 0 Å². The van der Waals surface area contributed by atoms with Crippen LogP contribution in [0.15, 0.2) is 30.5 Å². The topological polar surface area (TPSA) is 12.9 Å². The average Bonchev–Trinajstić information content (AvgIpc) is 2.23. The van der Waals surface area contributed by atoms with Gasteiger partial charge >= 0.3 is 0 Å². The fourth-order valence-electron chi connectivity index (χ4n) is 1.24. The number of nitrogens with zero attached hydrogens (tertiary/aromatic N) is 1. The second-order valence-corrected chi connectivity index (χ2v) is 3.97. The standard InChI is InChI=1S/C11H5F2IN/c12-7-5-9(11(13)15-6-7)8-3-1-2-4-10(8)14/h1-3,5-6H. The van der Waals surface area contributed by atoms with Gasteiger partial charge in [0.25, 0.3) is 0 Å². The van der Waals surface area contributed by atoms with Gasteiger partial charge in [-0.15, -0.1) is 0 Å². The Hall–Kier alpha value is -1.04. The van der Waals surface area contributed by atoms with Gasteiger partial charge < -0.3 is 0 Å². The van der Waals surface area contributed by atoms with Crippen LogP contribution < -0.4 is 0 Å². The van der Waals surface area contributed by atoms with Crippen LogP contribution in [0.4, 0.5) is 8.78 Å². The quantitative estimate of drug-likeness (QED) is 0.580. The Balaban J connectivity index is 2.64. The number of hydrogen-bond donors (Lipinski definition) is 0. The summed E-state index contributed by atoms with van der Waals surface area (Å²) in [7, 11) is 0. The second kappa shape index (κ2) is 4.22. The van der Waals surface area contributed by atoms with Crippen molar-refractivity contribution >= 4 is 22.6 Å². The molecule has 1 nitrogen and oxygen atoms in total. The number of halogens is 3. The smallest absolute Gasteiger partial charge is 0.220 e. The summed E-state index contributed by atoms with van der Waals surface area (Å²) in [5.74, 6) is -1.22. The van der Waals surface area contributed by atoms with E-state index in [1.54, 1.807) is 18.2 Å². The van der Waals surface area contributed by atoms with Gasteiger partial charge in [-0.2, -0.15) is 4.39 Å². The van der Waals surface area contributed by atoms with Crippen LogP contribution in [0.3, 0.4) is 0 Å². The molecule has 0 aliphatic carbocycles. The molecule has 0 aliphatic heterocycles. The molecule has 0 spiro atoms. The average molecular weight is 316 g/mol. The van der Waals surface area contributed by atoms with Crippen molar-refractivity contribution in [3.05, 3.63) is 51.9 Å². The maximum absolute atomic E-state index is 13.3. The molecule has 0 fully saturated rings. The molecule has 0 saturated carbocycles. The lowest BCUT2D eigenvalue weighted by Crippen LogP contribution is -1.92. The summed E-state index contributed by atoms with van der Waals surface area (Å²) in [4.78, 5) is 3.34. The van der Waals surface area contributed by atoms with E-state index in [4.69, 9.17) is 0 Å². The summed E-state index contributed by atoms with van der Waals surface area (Å²) in [5.41, 5.74) is 0.763. The first-order valence-corrected chi connectivity index (χ1v) is 5.24. The number of aromatic nitrogens is 1. The van der Waals surface area contributed by atoms with Gasteiger partial charge in [0.1, 0.15) is 5.82 Å². The number of benzene rings is 1. The third-order valence-electron chi connectivity index (χ3n) is 1.90. The summed E-state index contributed by atoms with van der Waals surface area (Å²) in [6, 6.07) is 9.20. The van der Waals surface area contributed by atoms with Gasteiger partial charge in [-0.3, -0.25) is 0 Å². The Morgan fingerprint density at radius 2 is 2.07 bits per heavy atom. The predicted molar refractivity (Wildman–Crippen MR) is 61.1 cm³/mol. The number of hydrogen-bond acceptors (Lipinski definition) is 1. The monoisotopic (exact) mass is 316 g/mol. The molecule has 0 unspecified atom stereocenters. The van der Waals surface area contributed by atoms with Gasteiger partial charge in [0, 0.05) is 14.7 Å². The highest BCUT2D eigenvalue weighted by Gasteiger charge is 2.10. The van der Waals surface area contributed by atoms with Crippen molar-refractivity contribution in [2.45, 2.75) is 0 Å². The lowest BCUT2D eigenvalue weighted by molar-refractivity contribution is 0.563. The minimum Gasteiger partial charge on any atom is -0.225 e. The van der Waals surface area contributed by atoms with Crippen molar-refractivity contribution in [2.75, 3.05) is 0 Å². The van der Waals surface area contributed by atoms with E-state index in [0.717, 1.165) is 15.8 Å². The van der Waals surface area contributed by atoms with Crippen LogP contribution >= 0.6 is 22.6 Å². The number of rotatable bonds is 1. The van der Waals surface area contributed by atoms with Crippen molar-refractivity contribution < 1.29 is 8.78 Å². The molecule has 75 valence electrons. The fourth-order valence-corrected chi connectivity index (χ4v) is 1.89. The van der Waals surface area contributed by atoms with Crippen molar-refractivity contribution in [3.8, 4) is 11.1 Å². The predicted octanol–water partition coefficient (Wildman–Crippen LogP) is 3.43. The van der Waals surface area contributed by atoms with E-state index in [0.29, 0.717) is 5.56 Å². The van der Waals surface area contributed by atoms with Gasteiger partial charge in [0.05, 0.1) is 6.20 Å². The Bertz CT molecular complexity index is 500. The zero-order valence-electron chi connectivity index (χ0n) is 7.47. The normalized spacial score (nSPS) is 10.3. The number of pyridine rings is 1. The molecule has 0 atom stereocenters. The molecular weight excluding hydrogens is 311 g/mol. The Labute approximate surface area is 99.3 Å². The molecule has 0 aliphatic rings. The summed E-state index contributed by atoms with van der Waals surface area (Å²) in [5, 5.41) is 0. The zero-order chi connectivity index (χ0) is 10.8. The van der Waals surface area contributed by atoms with E-state index in [1.807, 2.05) is 22.6 Å². The first kappa shape index (κ1) is 10.5. The van der Waals surface area contributed by atoms with Crippen molar-refractivity contribution in [1.82, 2.24) is 4.98 Å². The molecule has 2 rings (SSSR count). The van der Waals surface area contributed by atoms with Crippen LogP contribution in [-0.2, 0) is 0 Å². The van der Waals surface area contributed by atoms with E-state index >= 15 is 0 Å². The molecule has 1 heterocycles. The van der Waals surface area contributed by atoms with Crippen molar-refractivity contribution in [2.24, 2.45) is 0 Å². The van der Waals surface area contributed by atoms with Crippen LogP contribution in [0.5, 0.6) is 0 Å². The molecule has 0 bridgehead atoms. The highest BCUT2D eigenvalue weighted by molar-refractivity contribution is 14.1. The van der Waals surface area contributed by atoms with Crippen LogP contribution in [0.1, 0.15) is 0 Å². The van der Waals surface area contributed by atoms with E-state index < -0.39 is 11.8 Å². The lowest BCUT2D eigenvalue weighted by atomic mass is 10.1.